The number of aromatic nitrogens is 3. The number of fused-ring (bicyclic) bond motifs is 1. The fourth-order valence-corrected chi connectivity index (χ4v) is 5.69. The SMILES string of the molecule is Cc1cccc2ccn(C(C)C(=O)N3CCN(c4ccc(S(=O)(=O)Nc5ccncn5)cc4)CC3)c12. The Morgan fingerprint density at radius 2 is 1.75 bits per heavy atom. The number of hydrogen-bond acceptors (Lipinski definition) is 6. The van der Waals surface area contributed by atoms with Crippen LogP contribution < -0.4 is 9.62 Å². The topological polar surface area (TPSA) is 100 Å². The average molecular weight is 505 g/mol. The molecule has 2 aromatic heterocycles. The summed E-state index contributed by atoms with van der Waals surface area (Å²) in [6.45, 7) is 6.59. The van der Waals surface area contributed by atoms with E-state index in [1.54, 1.807) is 24.3 Å². The second-order valence-corrected chi connectivity index (χ2v) is 10.6. The lowest BCUT2D eigenvalue weighted by atomic mass is 10.1. The van der Waals surface area contributed by atoms with Crippen LogP contribution in [0.5, 0.6) is 0 Å². The Hall–Kier alpha value is -3.92. The van der Waals surface area contributed by atoms with Crippen LogP contribution in [-0.4, -0.2) is 59.9 Å². The van der Waals surface area contributed by atoms with Gasteiger partial charge in [-0.05, 0) is 61.2 Å². The van der Waals surface area contributed by atoms with Crippen molar-refractivity contribution in [3.63, 3.8) is 0 Å². The van der Waals surface area contributed by atoms with Crippen molar-refractivity contribution >= 4 is 38.3 Å². The quantitative estimate of drug-likeness (QED) is 0.432. The number of carbonyl (C=O) groups excluding carboxylic acids is 1. The average Bonchev–Trinajstić information content (AvgIpc) is 3.34. The van der Waals surface area contributed by atoms with Gasteiger partial charge < -0.3 is 14.4 Å². The van der Waals surface area contributed by atoms with Gasteiger partial charge in [-0.25, -0.2) is 18.4 Å². The molecule has 4 aromatic rings. The number of amides is 1. The van der Waals surface area contributed by atoms with Crippen LogP contribution in [0.1, 0.15) is 18.5 Å². The molecule has 3 heterocycles. The molecule has 5 rings (SSSR count). The fraction of sp³-hybridized carbons (Fsp3) is 0.269. The second-order valence-electron chi connectivity index (χ2n) is 8.92. The predicted octanol–water partition coefficient (Wildman–Crippen LogP) is 3.45. The van der Waals surface area contributed by atoms with Crippen molar-refractivity contribution in [2.45, 2.75) is 24.8 Å². The molecular formula is C26H28N6O3S. The number of nitrogens with zero attached hydrogens (tertiary/aromatic N) is 5. The number of hydrogen-bond donors (Lipinski definition) is 1. The van der Waals surface area contributed by atoms with E-state index in [-0.39, 0.29) is 22.7 Å². The van der Waals surface area contributed by atoms with Gasteiger partial charge in [-0.3, -0.25) is 9.52 Å². The molecule has 1 amide bonds. The maximum absolute atomic E-state index is 13.3. The second kappa shape index (κ2) is 9.62. The zero-order valence-corrected chi connectivity index (χ0v) is 21.0. The smallest absolute Gasteiger partial charge is 0.263 e. The normalized spacial score (nSPS) is 15.2. The van der Waals surface area contributed by atoms with Gasteiger partial charge in [0.1, 0.15) is 18.2 Å². The Morgan fingerprint density at radius 3 is 2.44 bits per heavy atom. The Balaban J connectivity index is 1.22. The maximum Gasteiger partial charge on any atom is 0.263 e. The van der Waals surface area contributed by atoms with Crippen molar-refractivity contribution < 1.29 is 13.2 Å². The van der Waals surface area contributed by atoms with Crippen molar-refractivity contribution in [1.82, 2.24) is 19.4 Å². The van der Waals surface area contributed by atoms with Crippen molar-refractivity contribution in [3.05, 3.63) is 78.9 Å². The van der Waals surface area contributed by atoms with Gasteiger partial charge in [-0.1, -0.05) is 18.2 Å². The Bertz CT molecular complexity index is 1480. The highest BCUT2D eigenvalue weighted by Gasteiger charge is 2.27. The van der Waals surface area contributed by atoms with Gasteiger partial charge in [-0.15, -0.1) is 0 Å². The van der Waals surface area contributed by atoms with E-state index in [9.17, 15) is 13.2 Å². The molecule has 1 N–H and O–H groups in total. The van der Waals surface area contributed by atoms with Gasteiger partial charge in [0.15, 0.2) is 0 Å². The van der Waals surface area contributed by atoms with Gasteiger partial charge >= 0.3 is 0 Å². The third-order valence-electron chi connectivity index (χ3n) is 6.64. The molecular weight excluding hydrogens is 476 g/mol. The summed E-state index contributed by atoms with van der Waals surface area (Å²) in [7, 11) is -3.74. The fourth-order valence-electron chi connectivity index (χ4n) is 4.68. The highest BCUT2D eigenvalue weighted by Crippen LogP contribution is 2.26. The van der Waals surface area contributed by atoms with E-state index in [1.807, 2.05) is 24.1 Å². The van der Waals surface area contributed by atoms with Gasteiger partial charge in [0.25, 0.3) is 10.0 Å². The van der Waals surface area contributed by atoms with Crippen LogP contribution in [0.2, 0.25) is 0 Å². The molecule has 1 unspecified atom stereocenters. The molecule has 0 aliphatic carbocycles. The summed E-state index contributed by atoms with van der Waals surface area (Å²) in [5, 5.41) is 1.14. The number of para-hydroxylation sites is 1. The van der Waals surface area contributed by atoms with Crippen molar-refractivity contribution in [3.8, 4) is 0 Å². The molecule has 1 fully saturated rings. The lowest BCUT2D eigenvalue weighted by molar-refractivity contribution is -0.134. The van der Waals surface area contributed by atoms with E-state index in [2.05, 4.69) is 49.3 Å². The van der Waals surface area contributed by atoms with Crippen molar-refractivity contribution in [2.24, 2.45) is 0 Å². The zero-order chi connectivity index (χ0) is 25.3. The highest BCUT2D eigenvalue weighted by atomic mass is 32.2. The first kappa shape index (κ1) is 23.8. The van der Waals surface area contributed by atoms with Gasteiger partial charge in [-0.2, -0.15) is 0 Å². The lowest BCUT2D eigenvalue weighted by Gasteiger charge is -2.37. The largest absolute Gasteiger partial charge is 0.368 e. The summed E-state index contributed by atoms with van der Waals surface area (Å²) >= 11 is 0. The minimum absolute atomic E-state index is 0.104. The summed E-state index contributed by atoms with van der Waals surface area (Å²) in [4.78, 5) is 25.2. The van der Waals surface area contributed by atoms with E-state index < -0.39 is 10.0 Å². The van der Waals surface area contributed by atoms with Crippen LogP contribution in [0.4, 0.5) is 11.5 Å². The first-order valence-electron chi connectivity index (χ1n) is 11.8. The summed E-state index contributed by atoms with van der Waals surface area (Å²) < 4.78 is 29.8. The first-order chi connectivity index (χ1) is 17.3. The van der Waals surface area contributed by atoms with Gasteiger partial charge in [0, 0.05) is 44.3 Å². The highest BCUT2D eigenvalue weighted by molar-refractivity contribution is 7.92. The molecule has 36 heavy (non-hydrogen) atoms. The standard InChI is InChI=1S/C26H28N6O3S/c1-19-4-3-5-21-11-13-32(25(19)21)20(2)26(33)31-16-14-30(15-17-31)22-6-8-23(9-7-22)36(34,35)29-24-10-12-27-18-28-24/h3-13,18,20H,14-17H2,1-2H3,(H,27,28,29). The Morgan fingerprint density at radius 1 is 1.00 bits per heavy atom. The molecule has 186 valence electrons. The van der Waals surface area contributed by atoms with Crippen LogP contribution in [-0.2, 0) is 14.8 Å². The van der Waals surface area contributed by atoms with Gasteiger partial charge in [0.2, 0.25) is 5.91 Å². The van der Waals surface area contributed by atoms with E-state index >= 15 is 0 Å². The third kappa shape index (κ3) is 4.64. The van der Waals surface area contributed by atoms with Crippen molar-refractivity contribution in [1.29, 1.82) is 0 Å². The molecule has 1 saturated heterocycles. The zero-order valence-electron chi connectivity index (χ0n) is 20.2. The molecule has 9 nitrogen and oxygen atoms in total. The van der Waals surface area contributed by atoms with E-state index in [1.165, 1.54) is 18.6 Å². The Kier molecular flexibility index (Phi) is 6.36. The molecule has 0 radical (unpaired) electrons. The number of aryl methyl sites for hydroxylation is 1. The molecule has 1 atom stereocenters. The Labute approximate surface area is 210 Å². The van der Waals surface area contributed by atoms with Crippen LogP contribution in [0.15, 0.2) is 78.2 Å². The number of rotatable bonds is 6. The molecule has 0 spiro atoms. The number of carbonyl (C=O) groups is 1. The minimum atomic E-state index is -3.74. The van der Waals surface area contributed by atoms with Crippen molar-refractivity contribution in [2.75, 3.05) is 35.8 Å². The summed E-state index contributed by atoms with van der Waals surface area (Å²) in [5.74, 6) is 0.319. The van der Waals surface area contributed by atoms with Crippen LogP contribution in [0.3, 0.4) is 0 Å². The van der Waals surface area contributed by atoms with E-state index in [4.69, 9.17) is 0 Å². The van der Waals surface area contributed by atoms with E-state index in [0.717, 1.165) is 22.2 Å². The van der Waals surface area contributed by atoms with Gasteiger partial charge in [0.05, 0.1) is 10.4 Å². The summed E-state index contributed by atoms with van der Waals surface area (Å²) in [6.07, 6.45) is 4.75. The van der Waals surface area contributed by atoms with Crippen LogP contribution >= 0.6 is 0 Å². The predicted molar refractivity (Wildman–Crippen MR) is 139 cm³/mol. The number of benzene rings is 2. The lowest BCUT2D eigenvalue weighted by Crippen LogP contribution is -2.50. The number of anilines is 2. The van der Waals surface area contributed by atoms with E-state index in [0.29, 0.717) is 26.2 Å². The molecule has 0 bridgehead atoms. The monoisotopic (exact) mass is 504 g/mol. The molecule has 1 aliphatic rings. The first-order valence-corrected chi connectivity index (χ1v) is 13.3. The minimum Gasteiger partial charge on any atom is -0.368 e. The summed E-state index contributed by atoms with van der Waals surface area (Å²) in [5.41, 5.74) is 3.17. The third-order valence-corrected chi connectivity index (χ3v) is 8.01. The molecule has 2 aromatic carbocycles. The number of nitrogens with one attached hydrogen (secondary N) is 1. The molecule has 1 aliphatic heterocycles. The molecule has 0 saturated carbocycles. The molecule has 10 heteroatoms. The van der Waals surface area contributed by atoms with Crippen LogP contribution in [0.25, 0.3) is 10.9 Å². The maximum atomic E-state index is 13.3. The number of sulfonamides is 1. The summed E-state index contributed by atoms with van der Waals surface area (Å²) in [6, 6.07) is 16.2. The number of piperazine rings is 1. The van der Waals surface area contributed by atoms with Crippen LogP contribution in [0, 0.1) is 6.92 Å².